The zero-order chi connectivity index (χ0) is 15.3. The van der Waals surface area contributed by atoms with Crippen molar-refractivity contribution in [1.29, 1.82) is 0 Å². The fraction of sp³-hybridized carbons (Fsp3) is 0.588. The molecule has 2 saturated carbocycles. The van der Waals surface area contributed by atoms with E-state index in [-0.39, 0.29) is 23.9 Å². The van der Waals surface area contributed by atoms with Gasteiger partial charge in [-0.3, -0.25) is 4.79 Å². The number of ether oxygens (including phenoxy) is 1. The van der Waals surface area contributed by atoms with Gasteiger partial charge >= 0.3 is 0 Å². The molecule has 3 N–H and O–H groups in total. The molecular formula is C17H18O5. The summed E-state index contributed by atoms with van der Waals surface area (Å²) in [4.78, 5) is 12.5. The largest absolute Gasteiger partial charge is 0.504 e. The minimum atomic E-state index is -1.34. The highest BCUT2D eigenvalue weighted by molar-refractivity contribution is 5.90. The van der Waals surface area contributed by atoms with Crippen LogP contribution in [0.1, 0.15) is 36.8 Å². The number of benzene rings is 1. The molecule has 116 valence electrons. The van der Waals surface area contributed by atoms with Gasteiger partial charge in [0.15, 0.2) is 23.4 Å². The van der Waals surface area contributed by atoms with E-state index in [1.807, 2.05) is 6.07 Å². The van der Waals surface area contributed by atoms with Gasteiger partial charge in [0.25, 0.3) is 0 Å². The quantitative estimate of drug-likeness (QED) is 0.660. The van der Waals surface area contributed by atoms with Crippen molar-refractivity contribution in [3.05, 3.63) is 23.3 Å². The standard InChI is InChI=1S/C17H18O5/c18-10-4-3-8-6-9-2-1-5-16-13(8)14(10)22-15(16)11(19)7-12(20)17(9,16)21/h3-4,9,12,15,18,20-21H,1-2,5-7H2/t9-,12-,15+,16?,17+/m1/s1. The molecule has 5 heteroatoms. The van der Waals surface area contributed by atoms with E-state index in [1.165, 1.54) is 0 Å². The van der Waals surface area contributed by atoms with Gasteiger partial charge in [0.1, 0.15) is 5.60 Å². The number of carbonyl (C=O) groups is 1. The lowest BCUT2D eigenvalue weighted by Crippen LogP contribution is -2.75. The molecule has 5 rings (SSSR count). The van der Waals surface area contributed by atoms with Crippen LogP contribution in [-0.2, 0) is 16.6 Å². The summed E-state index contributed by atoms with van der Waals surface area (Å²) in [7, 11) is 0. The molecule has 1 spiro atoms. The molecule has 0 saturated heterocycles. The second-order valence-electron chi connectivity index (χ2n) is 7.22. The van der Waals surface area contributed by atoms with E-state index in [2.05, 4.69) is 0 Å². The summed E-state index contributed by atoms with van der Waals surface area (Å²) in [5.41, 5.74) is -0.433. The third-order valence-electron chi connectivity index (χ3n) is 6.47. The third-order valence-corrected chi connectivity index (χ3v) is 6.47. The van der Waals surface area contributed by atoms with Gasteiger partial charge in [-0.05, 0) is 36.8 Å². The number of phenolic OH excluding ortho intramolecular Hbond substituents is 1. The minimum absolute atomic E-state index is 0.0104. The molecule has 2 fully saturated rings. The fourth-order valence-electron chi connectivity index (χ4n) is 5.70. The van der Waals surface area contributed by atoms with Crippen molar-refractivity contribution in [2.75, 3.05) is 0 Å². The van der Waals surface area contributed by atoms with Crippen LogP contribution >= 0.6 is 0 Å². The van der Waals surface area contributed by atoms with E-state index >= 15 is 0 Å². The molecule has 1 aromatic carbocycles. The molecule has 1 aliphatic heterocycles. The highest BCUT2D eigenvalue weighted by Gasteiger charge is 2.74. The lowest BCUT2D eigenvalue weighted by molar-refractivity contribution is -0.219. The van der Waals surface area contributed by atoms with Crippen LogP contribution in [0, 0.1) is 5.92 Å². The highest BCUT2D eigenvalue weighted by Crippen LogP contribution is 2.66. The first-order chi connectivity index (χ1) is 10.5. The van der Waals surface area contributed by atoms with E-state index in [1.54, 1.807) is 6.07 Å². The number of Topliss-reactive ketones (excluding diaryl/α,β-unsaturated/α-hetero) is 1. The number of aliphatic hydroxyl groups excluding tert-OH is 1. The van der Waals surface area contributed by atoms with Crippen LogP contribution in [0.3, 0.4) is 0 Å². The molecule has 0 radical (unpaired) electrons. The highest BCUT2D eigenvalue weighted by atomic mass is 16.5. The average Bonchev–Trinajstić information content (AvgIpc) is 2.81. The Morgan fingerprint density at radius 1 is 1.27 bits per heavy atom. The lowest BCUT2D eigenvalue weighted by Gasteiger charge is -2.61. The van der Waals surface area contributed by atoms with Crippen LogP contribution in [0.2, 0.25) is 0 Å². The summed E-state index contributed by atoms with van der Waals surface area (Å²) in [6, 6.07) is 3.47. The molecule has 1 aromatic rings. The third kappa shape index (κ3) is 1.09. The number of rotatable bonds is 0. The Labute approximate surface area is 127 Å². The second kappa shape index (κ2) is 3.66. The van der Waals surface area contributed by atoms with Gasteiger partial charge in [0.05, 0.1) is 11.5 Å². The molecule has 2 bridgehead atoms. The van der Waals surface area contributed by atoms with E-state index in [4.69, 9.17) is 4.74 Å². The number of carbonyl (C=O) groups excluding carboxylic acids is 1. The molecule has 1 heterocycles. The lowest BCUT2D eigenvalue weighted by atomic mass is 9.45. The Morgan fingerprint density at radius 2 is 2.09 bits per heavy atom. The molecule has 4 aliphatic rings. The first-order valence-corrected chi connectivity index (χ1v) is 7.95. The monoisotopic (exact) mass is 302 g/mol. The van der Waals surface area contributed by atoms with Gasteiger partial charge in [-0.15, -0.1) is 0 Å². The molecule has 1 unspecified atom stereocenters. The fourth-order valence-corrected chi connectivity index (χ4v) is 5.70. The van der Waals surface area contributed by atoms with Crippen LogP contribution in [-0.4, -0.2) is 38.9 Å². The number of aliphatic hydroxyl groups is 2. The van der Waals surface area contributed by atoms with Gasteiger partial charge in [0, 0.05) is 12.0 Å². The van der Waals surface area contributed by atoms with Crippen molar-refractivity contribution < 1.29 is 24.9 Å². The molecule has 3 aliphatic carbocycles. The summed E-state index contributed by atoms with van der Waals surface area (Å²) in [5, 5.41) is 32.3. The van der Waals surface area contributed by atoms with Crippen LogP contribution in [0.25, 0.3) is 0 Å². The van der Waals surface area contributed by atoms with Crippen molar-refractivity contribution in [3.8, 4) is 11.5 Å². The van der Waals surface area contributed by atoms with Crippen LogP contribution in [0.4, 0.5) is 0 Å². The first-order valence-electron chi connectivity index (χ1n) is 7.95. The van der Waals surface area contributed by atoms with Crippen molar-refractivity contribution in [3.63, 3.8) is 0 Å². The molecule has 5 atom stereocenters. The van der Waals surface area contributed by atoms with Gasteiger partial charge < -0.3 is 20.1 Å². The molecule has 0 amide bonds. The molecular weight excluding hydrogens is 284 g/mol. The number of hydrogen-bond donors (Lipinski definition) is 3. The van der Waals surface area contributed by atoms with Gasteiger partial charge in [0.2, 0.25) is 0 Å². The number of phenols is 1. The van der Waals surface area contributed by atoms with Gasteiger partial charge in [-0.1, -0.05) is 12.5 Å². The Hall–Kier alpha value is -1.59. The topological polar surface area (TPSA) is 87.0 Å². The zero-order valence-electron chi connectivity index (χ0n) is 12.1. The first kappa shape index (κ1) is 12.9. The van der Waals surface area contributed by atoms with Crippen LogP contribution < -0.4 is 4.74 Å². The SMILES string of the molecule is O=C1C[C@@H](O)[C@@]2(O)[C@@H]3CCCC24c2c(ccc(O)c2O[C@@H]14)C3. The second-order valence-corrected chi connectivity index (χ2v) is 7.22. The van der Waals surface area contributed by atoms with E-state index in [0.29, 0.717) is 18.6 Å². The summed E-state index contributed by atoms with van der Waals surface area (Å²) in [6.07, 6.45) is 1.06. The van der Waals surface area contributed by atoms with E-state index < -0.39 is 23.2 Å². The zero-order valence-corrected chi connectivity index (χ0v) is 12.1. The Kier molecular flexibility index (Phi) is 2.15. The van der Waals surface area contributed by atoms with E-state index in [0.717, 1.165) is 24.0 Å². The summed E-state index contributed by atoms with van der Waals surface area (Å²) < 4.78 is 5.86. The molecule has 22 heavy (non-hydrogen) atoms. The Bertz CT molecular complexity index is 713. The van der Waals surface area contributed by atoms with Crippen molar-refractivity contribution >= 4 is 5.78 Å². The van der Waals surface area contributed by atoms with Crippen molar-refractivity contribution in [2.24, 2.45) is 5.92 Å². The summed E-state index contributed by atoms with van der Waals surface area (Å²) >= 11 is 0. The maximum atomic E-state index is 12.5. The smallest absolute Gasteiger partial charge is 0.177 e. The Balaban J connectivity index is 1.90. The summed E-state index contributed by atoms with van der Waals surface area (Å²) in [5.74, 6) is 0.0969. The molecule has 0 aromatic heterocycles. The van der Waals surface area contributed by atoms with Crippen molar-refractivity contribution in [2.45, 2.75) is 55.3 Å². The maximum absolute atomic E-state index is 12.5. The normalized spacial score (nSPS) is 44.5. The minimum Gasteiger partial charge on any atom is -0.504 e. The van der Waals surface area contributed by atoms with Gasteiger partial charge in [-0.25, -0.2) is 0 Å². The van der Waals surface area contributed by atoms with Crippen molar-refractivity contribution in [1.82, 2.24) is 0 Å². The number of hydrogen-bond acceptors (Lipinski definition) is 5. The van der Waals surface area contributed by atoms with Crippen LogP contribution in [0.5, 0.6) is 11.5 Å². The van der Waals surface area contributed by atoms with Crippen LogP contribution in [0.15, 0.2) is 12.1 Å². The predicted molar refractivity (Wildman–Crippen MR) is 75.8 cm³/mol. The van der Waals surface area contributed by atoms with E-state index in [9.17, 15) is 20.1 Å². The Morgan fingerprint density at radius 3 is 2.91 bits per heavy atom. The maximum Gasteiger partial charge on any atom is 0.177 e. The molecule has 5 nitrogen and oxygen atoms in total. The number of aromatic hydroxyl groups is 1. The summed E-state index contributed by atoms with van der Waals surface area (Å²) in [6.45, 7) is 0. The number of ketones is 1. The predicted octanol–water partition coefficient (Wildman–Crippen LogP) is 0.812. The average molecular weight is 302 g/mol. The van der Waals surface area contributed by atoms with Gasteiger partial charge in [-0.2, -0.15) is 0 Å².